The molecule has 32 heavy (non-hydrogen) atoms. The third kappa shape index (κ3) is 7.25. The van der Waals surface area contributed by atoms with Crippen LogP contribution in [-0.4, -0.2) is 25.0 Å². The van der Waals surface area contributed by atoms with Gasteiger partial charge in [0, 0.05) is 9.92 Å². The maximum Gasteiger partial charge on any atom is 0.250 e. The van der Waals surface area contributed by atoms with Gasteiger partial charge in [-0.3, -0.25) is 4.79 Å². The lowest BCUT2D eigenvalue weighted by Crippen LogP contribution is -2.19. The van der Waals surface area contributed by atoms with Gasteiger partial charge in [-0.05, 0) is 75.6 Å². The van der Waals surface area contributed by atoms with Crippen molar-refractivity contribution in [3.05, 3.63) is 87.1 Å². The Hall–Kier alpha value is -2.55. The number of rotatable bonds is 9. The molecule has 0 aliphatic rings. The van der Waals surface area contributed by atoms with Crippen molar-refractivity contribution in [2.24, 2.45) is 5.10 Å². The second-order valence-corrected chi connectivity index (χ2v) is 8.82. The number of nitrogens with zero attached hydrogens (tertiary/aromatic N) is 1. The smallest absolute Gasteiger partial charge is 0.250 e. The van der Waals surface area contributed by atoms with Gasteiger partial charge in [-0.2, -0.15) is 5.10 Å². The maximum absolute atomic E-state index is 13.1. The molecule has 0 unspecified atom stereocenters. The largest absolute Gasteiger partial charge is 0.493 e. The van der Waals surface area contributed by atoms with Gasteiger partial charge in [-0.25, -0.2) is 9.82 Å². The number of methoxy groups -OCH3 is 1. The minimum absolute atomic E-state index is 0.224. The van der Waals surface area contributed by atoms with Gasteiger partial charge in [0.1, 0.15) is 12.4 Å². The molecule has 0 fully saturated rings. The number of hydrogen-bond acceptors (Lipinski definition) is 5. The summed E-state index contributed by atoms with van der Waals surface area (Å²) in [5.74, 6) is 0.700. The van der Waals surface area contributed by atoms with Crippen molar-refractivity contribution in [3.8, 4) is 11.5 Å². The third-order valence-corrected chi connectivity index (χ3v) is 5.99. The summed E-state index contributed by atoms with van der Waals surface area (Å²) in [6, 6.07) is 16.9. The summed E-state index contributed by atoms with van der Waals surface area (Å²) in [5, 5.41) is 4.65. The predicted octanol–water partition coefficient (Wildman–Crippen LogP) is 6.07. The molecule has 3 aromatic carbocycles. The van der Waals surface area contributed by atoms with E-state index in [0.29, 0.717) is 26.6 Å². The second-order valence-electron chi connectivity index (χ2n) is 6.49. The van der Waals surface area contributed by atoms with Crippen molar-refractivity contribution < 1.29 is 18.7 Å². The van der Waals surface area contributed by atoms with E-state index < -0.39 is 0 Å². The molecule has 166 valence electrons. The maximum atomic E-state index is 13.1. The average Bonchev–Trinajstić information content (AvgIpc) is 2.79. The third-order valence-electron chi connectivity index (χ3n) is 4.13. The zero-order valence-electron chi connectivity index (χ0n) is 17.0. The Bertz CT molecular complexity index is 1100. The van der Waals surface area contributed by atoms with E-state index in [9.17, 15) is 9.18 Å². The first kappa shape index (κ1) is 24.1. The summed E-state index contributed by atoms with van der Waals surface area (Å²) in [7, 11) is 1.53. The number of carbonyl (C=O) groups excluding carboxylic acids is 1. The van der Waals surface area contributed by atoms with Crippen LogP contribution in [0.15, 0.2) is 75.1 Å². The number of thioether (sulfide) groups is 1. The molecule has 0 saturated heterocycles. The SMILES string of the molecule is COc1cc(/C=N\NC(=O)CSc2ccc(Cl)cc2)cc(Br)c1OCc1ccc(F)cc1. The summed E-state index contributed by atoms with van der Waals surface area (Å²) in [4.78, 5) is 13.0. The normalized spacial score (nSPS) is 10.9. The molecule has 0 radical (unpaired) electrons. The molecule has 0 atom stereocenters. The van der Waals surface area contributed by atoms with Gasteiger partial charge in [0.15, 0.2) is 11.5 Å². The van der Waals surface area contributed by atoms with Crippen LogP contribution in [0.4, 0.5) is 4.39 Å². The highest BCUT2D eigenvalue weighted by Gasteiger charge is 2.12. The first-order valence-corrected chi connectivity index (χ1v) is 11.6. The van der Waals surface area contributed by atoms with Gasteiger partial charge in [-0.15, -0.1) is 11.8 Å². The van der Waals surface area contributed by atoms with Crippen LogP contribution in [0.25, 0.3) is 0 Å². The van der Waals surface area contributed by atoms with Crippen molar-refractivity contribution in [3.63, 3.8) is 0 Å². The quantitative estimate of drug-likeness (QED) is 0.204. The summed E-state index contributed by atoms with van der Waals surface area (Å²) in [5.41, 5.74) is 4.03. The summed E-state index contributed by atoms with van der Waals surface area (Å²) in [6.07, 6.45) is 1.52. The number of nitrogens with one attached hydrogen (secondary N) is 1. The Morgan fingerprint density at radius 1 is 1.19 bits per heavy atom. The number of carbonyl (C=O) groups is 1. The first-order valence-electron chi connectivity index (χ1n) is 9.39. The van der Waals surface area contributed by atoms with Crippen molar-refractivity contribution in [1.82, 2.24) is 5.43 Å². The molecule has 5 nitrogen and oxygen atoms in total. The van der Waals surface area contributed by atoms with Gasteiger partial charge >= 0.3 is 0 Å². The van der Waals surface area contributed by atoms with Crippen LogP contribution in [0.3, 0.4) is 0 Å². The molecule has 3 rings (SSSR count). The van der Waals surface area contributed by atoms with Gasteiger partial charge in [0.05, 0.1) is 23.5 Å². The van der Waals surface area contributed by atoms with Gasteiger partial charge in [0.2, 0.25) is 5.91 Å². The molecular weight excluding hydrogens is 519 g/mol. The monoisotopic (exact) mass is 536 g/mol. The molecule has 0 aliphatic heterocycles. The van der Waals surface area contributed by atoms with E-state index in [4.69, 9.17) is 21.1 Å². The molecule has 9 heteroatoms. The van der Waals surface area contributed by atoms with Crippen molar-refractivity contribution in [1.29, 1.82) is 0 Å². The van der Waals surface area contributed by atoms with E-state index in [0.717, 1.165) is 10.5 Å². The zero-order valence-corrected chi connectivity index (χ0v) is 20.1. The number of hydrazone groups is 1. The van der Waals surface area contributed by atoms with E-state index >= 15 is 0 Å². The van der Waals surface area contributed by atoms with Gasteiger partial charge in [0.25, 0.3) is 0 Å². The van der Waals surface area contributed by atoms with E-state index in [1.54, 1.807) is 36.4 Å². The van der Waals surface area contributed by atoms with Crippen LogP contribution < -0.4 is 14.9 Å². The highest BCUT2D eigenvalue weighted by Crippen LogP contribution is 2.36. The summed E-state index contributed by atoms with van der Waals surface area (Å²) < 4.78 is 25.0. The fraction of sp³-hybridized carbons (Fsp3) is 0.130. The minimum Gasteiger partial charge on any atom is -0.493 e. The van der Waals surface area contributed by atoms with E-state index in [1.807, 2.05) is 12.1 Å². The topological polar surface area (TPSA) is 59.9 Å². The Kier molecular flexibility index (Phi) is 8.96. The van der Waals surface area contributed by atoms with E-state index in [-0.39, 0.29) is 24.1 Å². The van der Waals surface area contributed by atoms with Crippen LogP contribution in [0.1, 0.15) is 11.1 Å². The number of amides is 1. The van der Waals surface area contributed by atoms with Crippen LogP contribution in [0.5, 0.6) is 11.5 Å². The second kappa shape index (κ2) is 11.9. The number of hydrogen-bond donors (Lipinski definition) is 1. The van der Waals surface area contributed by atoms with Crippen LogP contribution >= 0.6 is 39.3 Å². The lowest BCUT2D eigenvalue weighted by molar-refractivity contribution is -0.118. The van der Waals surface area contributed by atoms with E-state index in [2.05, 4.69) is 26.5 Å². The minimum atomic E-state index is -0.299. The van der Waals surface area contributed by atoms with Crippen LogP contribution in [0, 0.1) is 5.82 Å². The predicted molar refractivity (Wildman–Crippen MR) is 129 cm³/mol. The molecule has 3 aromatic rings. The molecule has 0 spiro atoms. The van der Waals surface area contributed by atoms with Gasteiger partial charge in [-0.1, -0.05) is 23.7 Å². The van der Waals surface area contributed by atoms with E-state index in [1.165, 1.54) is 37.2 Å². The summed E-state index contributed by atoms with van der Waals surface area (Å²) in [6.45, 7) is 0.254. The molecule has 0 heterocycles. The summed E-state index contributed by atoms with van der Waals surface area (Å²) >= 11 is 10.7. The molecule has 0 bridgehead atoms. The molecule has 0 saturated carbocycles. The average molecular weight is 538 g/mol. The van der Waals surface area contributed by atoms with Crippen molar-refractivity contribution in [2.75, 3.05) is 12.9 Å². The number of halogens is 3. The number of benzene rings is 3. The highest BCUT2D eigenvalue weighted by atomic mass is 79.9. The first-order chi connectivity index (χ1) is 15.4. The Balaban J connectivity index is 1.57. The highest BCUT2D eigenvalue weighted by molar-refractivity contribution is 9.10. The fourth-order valence-corrected chi connectivity index (χ4v) is 3.97. The zero-order chi connectivity index (χ0) is 22.9. The van der Waals surface area contributed by atoms with Crippen molar-refractivity contribution in [2.45, 2.75) is 11.5 Å². The van der Waals surface area contributed by atoms with Gasteiger partial charge < -0.3 is 9.47 Å². The molecule has 1 amide bonds. The molecule has 0 aliphatic carbocycles. The Morgan fingerprint density at radius 3 is 2.59 bits per heavy atom. The number of ether oxygens (including phenoxy) is 2. The standard InChI is InChI=1S/C23H19BrClFN2O3S/c1-30-21-11-16(10-20(24)23(21)31-13-15-2-6-18(26)7-3-15)12-27-28-22(29)14-32-19-8-4-17(25)5-9-19/h2-12H,13-14H2,1H3,(H,28,29)/b27-12-. The van der Waals surface area contributed by atoms with Crippen LogP contribution in [0.2, 0.25) is 5.02 Å². The fourth-order valence-electron chi connectivity index (χ4n) is 2.58. The molecule has 0 aromatic heterocycles. The van der Waals surface area contributed by atoms with Crippen LogP contribution in [-0.2, 0) is 11.4 Å². The molecular formula is C23H19BrClFN2O3S. The lowest BCUT2D eigenvalue weighted by Gasteiger charge is -2.13. The Labute approximate surface area is 203 Å². The molecule has 1 N–H and O–H groups in total. The Morgan fingerprint density at radius 2 is 1.91 bits per heavy atom. The lowest BCUT2D eigenvalue weighted by atomic mass is 10.2. The van der Waals surface area contributed by atoms with Crippen molar-refractivity contribution >= 4 is 51.4 Å².